The van der Waals surface area contributed by atoms with Crippen LogP contribution < -0.4 is 20.9 Å². The Balaban J connectivity index is 1.38. The summed E-state index contributed by atoms with van der Waals surface area (Å²) in [6, 6.07) is 11.1. The van der Waals surface area contributed by atoms with Gasteiger partial charge in [-0.15, -0.1) is 0 Å². The average molecular weight is 481 g/mol. The van der Waals surface area contributed by atoms with Gasteiger partial charge in [0.2, 0.25) is 5.75 Å². The van der Waals surface area contributed by atoms with Crippen molar-refractivity contribution in [3.05, 3.63) is 69.7 Å². The van der Waals surface area contributed by atoms with Crippen LogP contribution in [0, 0.1) is 0 Å². The van der Waals surface area contributed by atoms with Gasteiger partial charge in [-0.2, -0.15) is 9.78 Å². The Morgan fingerprint density at radius 1 is 1.09 bits per heavy atom. The van der Waals surface area contributed by atoms with Crippen LogP contribution in [0.3, 0.4) is 0 Å². The maximum absolute atomic E-state index is 13.5. The highest BCUT2D eigenvalue weighted by atomic mass is 35.5. The number of nitrogen functional groups attached to an aromatic ring is 1. The van der Waals surface area contributed by atoms with Crippen LogP contribution in [-0.2, 0) is 6.54 Å². The Hall–Kier alpha value is -3.10. The number of nitrogens with two attached hydrogens (primary N) is 1. The molecule has 1 saturated heterocycles. The second kappa shape index (κ2) is 10.0. The Bertz CT molecular complexity index is 1200. The number of anilines is 2. The van der Waals surface area contributed by atoms with Crippen LogP contribution in [0.4, 0.5) is 11.5 Å². The first-order chi connectivity index (χ1) is 16.6. The van der Waals surface area contributed by atoms with Gasteiger partial charge in [-0.25, -0.2) is 4.98 Å². The van der Waals surface area contributed by atoms with Crippen molar-refractivity contribution in [1.29, 1.82) is 0 Å². The van der Waals surface area contributed by atoms with Gasteiger partial charge in [0.1, 0.15) is 11.5 Å². The number of halogens is 1. The maximum Gasteiger partial charge on any atom is 0.316 e. The normalized spacial score (nSPS) is 17.3. The summed E-state index contributed by atoms with van der Waals surface area (Å²) in [5, 5.41) is 5.04. The fraction of sp³-hybridized carbons (Fsp3) is 0.400. The van der Waals surface area contributed by atoms with Crippen molar-refractivity contribution in [3.8, 4) is 11.4 Å². The molecule has 2 fully saturated rings. The summed E-state index contributed by atoms with van der Waals surface area (Å²) >= 11 is 6.16. The zero-order valence-corrected chi connectivity index (χ0v) is 19.8. The van der Waals surface area contributed by atoms with E-state index in [1.807, 2.05) is 24.3 Å². The number of benzene rings is 1. The molecule has 5 rings (SSSR count). The molecule has 0 unspecified atom stereocenters. The van der Waals surface area contributed by atoms with E-state index in [1.54, 1.807) is 24.5 Å². The van der Waals surface area contributed by atoms with E-state index < -0.39 is 0 Å². The summed E-state index contributed by atoms with van der Waals surface area (Å²) in [5.74, 6) is 0.924. The largest absolute Gasteiger partial charge is 0.483 e. The number of aromatic nitrogens is 3. The molecule has 0 radical (unpaired) electrons. The van der Waals surface area contributed by atoms with E-state index in [9.17, 15) is 4.79 Å². The topological polar surface area (TPSA) is 89.5 Å². The highest BCUT2D eigenvalue weighted by Gasteiger charge is 2.26. The first-order valence-electron chi connectivity index (χ1n) is 11.8. The van der Waals surface area contributed by atoms with Gasteiger partial charge in [-0.1, -0.05) is 17.7 Å². The summed E-state index contributed by atoms with van der Waals surface area (Å²) < 4.78 is 7.71. The molecule has 1 aromatic carbocycles. The lowest BCUT2D eigenvalue weighted by Crippen LogP contribution is -2.46. The summed E-state index contributed by atoms with van der Waals surface area (Å²) in [6.45, 7) is 4.11. The van der Waals surface area contributed by atoms with Crippen LogP contribution in [0.2, 0.25) is 5.02 Å². The maximum atomic E-state index is 13.5. The lowest BCUT2D eigenvalue weighted by Gasteiger charge is -2.36. The van der Waals surface area contributed by atoms with E-state index in [0.29, 0.717) is 22.3 Å². The third-order valence-electron chi connectivity index (χ3n) is 6.52. The van der Waals surface area contributed by atoms with Crippen molar-refractivity contribution in [2.45, 2.75) is 38.3 Å². The van der Waals surface area contributed by atoms with Gasteiger partial charge in [-0.3, -0.25) is 9.69 Å². The third kappa shape index (κ3) is 5.03. The number of hydrogen-bond donors (Lipinski definition) is 1. The molecule has 178 valence electrons. The molecule has 0 amide bonds. The number of rotatable bonds is 6. The molecule has 3 heterocycles. The Morgan fingerprint density at radius 2 is 1.88 bits per heavy atom. The minimum atomic E-state index is -0.249. The SMILES string of the molecule is Nc1cc(CN2CCN(c3cnn(-c4cccc(Cl)c4)c(=O)c3OC3CCCC3)CC2)ccn1. The van der Waals surface area contributed by atoms with Gasteiger partial charge >= 0.3 is 5.56 Å². The fourth-order valence-electron chi connectivity index (χ4n) is 4.73. The van der Waals surface area contributed by atoms with E-state index in [4.69, 9.17) is 22.1 Å². The monoisotopic (exact) mass is 480 g/mol. The summed E-state index contributed by atoms with van der Waals surface area (Å²) in [5.41, 5.74) is 8.12. The first kappa shape index (κ1) is 22.7. The summed E-state index contributed by atoms with van der Waals surface area (Å²) in [7, 11) is 0. The Kier molecular flexibility index (Phi) is 6.69. The predicted molar refractivity (Wildman–Crippen MR) is 134 cm³/mol. The van der Waals surface area contributed by atoms with Gasteiger partial charge in [0.05, 0.1) is 18.0 Å². The highest BCUT2D eigenvalue weighted by molar-refractivity contribution is 6.30. The Labute approximate surface area is 203 Å². The first-order valence-corrected chi connectivity index (χ1v) is 12.2. The molecule has 3 aromatic rings. The predicted octanol–water partition coefficient (Wildman–Crippen LogP) is 3.51. The third-order valence-corrected chi connectivity index (χ3v) is 6.75. The van der Waals surface area contributed by atoms with Crippen LogP contribution in [0.15, 0.2) is 53.6 Å². The standard InChI is InChI=1S/C25H29ClN6O2/c26-19-4-3-5-20(15-19)32-25(33)24(34-21-6-1-2-7-21)22(16-29-32)31-12-10-30(11-13-31)17-18-8-9-28-23(27)14-18/h3-5,8-9,14-16,21H,1-2,6-7,10-13,17H2,(H2,27,28). The molecular formula is C25H29ClN6O2. The highest BCUT2D eigenvalue weighted by Crippen LogP contribution is 2.30. The molecule has 1 saturated carbocycles. The lowest BCUT2D eigenvalue weighted by atomic mass is 10.2. The minimum absolute atomic E-state index is 0.0695. The van der Waals surface area contributed by atoms with E-state index in [1.165, 1.54) is 4.68 Å². The number of piperazine rings is 1. The molecule has 8 nitrogen and oxygen atoms in total. The molecule has 0 spiro atoms. The van der Waals surface area contributed by atoms with E-state index in [2.05, 4.69) is 19.9 Å². The van der Waals surface area contributed by atoms with Crippen molar-refractivity contribution >= 4 is 23.1 Å². The molecule has 0 atom stereocenters. The zero-order chi connectivity index (χ0) is 23.5. The fourth-order valence-corrected chi connectivity index (χ4v) is 4.91. The van der Waals surface area contributed by atoms with Gasteiger partial charge in [0, 0.05) is 43.9 Å². The quantitative estimate of drug-likeness (QED) is 0.577. The molecule has 34 heavy (non-hydrogen) atoms. The minimum Gasteiger partial charge on any atom is -0.483 e. The number of ether oxygens (including phenoxy) is 1. The number of hydrogen-bond acceptors (Lipinski definition) is 7. The molecule has 1 aliphatic heterocycles. The molecular weight excluding hydrogens is 452 g/mol. The van der Waals surface area contributed by atoms with Crippen LogP contribution in [0.1, 0.15) is 31.2 Å². The summed E-state index contributed by atoms with van der Waals surface area (Å²) in [4.78, 5) is 22.2. The van der Waals surface area contributed by atoms with Gasteiger partial charge in [0.15, 0.2) is 0 Å². The van der Waals surface area contributed by atoms with Crippen molar-refractivity contribution < 1.29 is 4.74 Å². The smallest absolute Gasteiger partial charge is 0.316 e. The number of nitrogens with zero attached hydrogens (tertiary/aromatic N) is 5. The van der Waals surface area contributed by atoms with Crippen molar-refractivity contribution in [1.82, 2.24) is 19.7 Å². The van der Waals surface area contributed by atoms with E-state index in [-0.39, 0.29) is 11.7 Å². The van der Waals surface area contributed by atoms with Crippen molar-refractivity contribution in [3.63, 3.8) is 0 Å². The van der Waals surface area contributed by atoms with Crippen LogP contribution in [0.25, 0.3) is 5.69 Å². The van der Waals surface area contributed by atoms with E-state index >= 15 is 0 Å². The van der Waals surface area contributed by atoms with Gasteiger partial charge in [0.25, 0.3) is 0 Å². The van der Waals surface area contributed by atoms with Gasteiger partial charge < -0.3 is 15.4 Å². The molecule has 0 bridgehead atoms. The van der Waals surface area contributed by atoms with Crippen LogP contribution in [-0.4, -0.2) is 51.9 Å². The van der Waals surface area contributed by atoms with Gasteiger partial charge in [-0.05, 0) is 61.6 Å². The second-order valence-corrected chi connectivity index (χ2v) is 9.37. The van der Waals surface area contributed by atoms with Crippen LogP contribution >= 0.6 is 11.6 Å². The molecule has 2 N–H and O–H groups in total. The van der Waals surface area contributed by atoms with Crippen LogP contribution in [0.5, 0.6) is 5.75 Å². The molecule has 2 aliphatic rings. The molecule has 2 aromatic heterocycles. The average Bonchev–Trinajstić information content (AvgIpc) is 3.34. The molecule has 1 aliphatic carbocycles. The number of pyridine rings is 1. The lowest BCUT2D eigenvalue weighted by molar-refractivity contribution is 0.204. The second-order valence-electron chi connectivity index (χ2n) is 8.93. The summed E-state index contributed by atoms with van der Waals surface area (Å²) in [6.07, 6.45) is 7.78. The molecule has 9 heteroatoms. The zero-order valence-electron chi connectivity index (χ0n) is 19.1. The van der Waals surface area contributed by atoms with Crippen molar-refractivity contribution in [2.24, 2.45) is 0 Å². The van der Waals surface area contributed by atoms with Crippen molar-refractivity contribution in [2.75, 3.05) is 36.8 Å². The Morgan fingerprint density at radius 3 is 2.62 bits per heavy atom. The van der Waals surface area contributed by atoms with E-state index in [0.717, 1.165) is 69.7 Å².